The summed E-state index contributed by atoms with van der Waals surface area (Å²) in [6, 6.07) is -0.0692. The molecular weight excluding hydrogens is 342 g/mol. The van der Waals surface area contributed by atoms with Crippen LogP contribution in [0.3, 0.4) is 0 Å². The molecule has 2 rings (SSSR count). The van der Waals surface area contributed by atoms with Gasteiger partial charge in [-0.05, 0) is 31.7 Å². The van der Waals surface area contributed by atoms with Gasteiger partial charge in [-0.2, -0.15) is 13.2 Å². The van der Waals surface area contributed by atoms with Crippen LogP contribution >= 0.6 is 24.8 Å². The van der Waals surface area contributed by atoms with E-state index < -0.39 is 12.7 Å². The molecule has 3 unspecified atom stereocenters. The van der Waals surface area contributed by atoms with E-state index in [-0.39, 0.29) is 48.6 Å². The first-order valence-electron chi connectivity index (χ1n) is 7.17. The Kier molecular flexibility index (Phi) is 9.05. The van der Waals surface area contributed by atoms with Crippen LogP contribution in [-0.2, 0) is 4.79 Å². The van der Waals surface area contributed by atoms with Crippen molar-refractivity contribution in [3.63, 3.8) is 0 Å². The average molecular weight is 366 g/mol. The molecule has 2 aliphatic rings. The Balaban J connectivity index is 0.00000220. The summed E-state index contributed by atoms with van der Waals surface area (Å²) in [6.45, 7) is 0.445. The lowest BCUT2D eigenvalue weighted by Crippen LogP contribution is -2.41. The molecule has 22 heavy (non-hydrogen) atoms. The van der Waals surface area contributed by atoms with E-state index in [1.807, 2.05) is 0 Å². The second-order valence-electron chi connectivity index (χ2n) is 5.95. The monoisotopic (exact) mass is 365 g/mol. The molecule has 0 aromatic rings. The standard InChI is InChI=1S/C13H22F3N3O.2ClH/c14-13(15,16)8-19-5-4-9(7-19)6-18-12(20)10-2-1-3-11(10)17;;/h9-11H,1-8,17H2,(H,18,20);2*1H. The van der Waals surface area contributed by atoms with Crippen molar-refractivity contribution in [2.24, 2.45) is 17.6 Å². The van der Waals surface area contributed by atoms with Gasteiger partial charge >= 0.3 is 6.18 Å². The van der Waals surface area contributed by atoms with Crippen LogP contribution < -0.4 is 11.1 Å². The maximum absolute atomic E-state index is 12.3. The highest BCUT2D eigenvalue weighted by atomic mass is 35.5. The SMILES string of the molecule is Cl.Cl.NC1CCCC1C(=O)NCC1CCN(CC(F)(F)F)C1. The van der Waals surface area contributed by atoms with Gasteiger partial charge in [0.2, 0.25) is 5.91 Å². The first kappa shape index (κ1) is 21.8. The minimum Gasteiger partial charge on any atom is -0.355 e. The lowest BCUT2D eigenvalue weighted by Gasteiger charge is -2.19. The Morgan fingerprint density at radius 2 is 1.91 bits per heavy atom. The summed E-state index contributed by atoms with van der Waals surface area (Å²) in [5, 5.41) is 2.85. The van der Waals surface area contributed by atoms with Crippen LogP contribution in [0.25, 0.3) is 0 Å². The van der Waals surface area contributed by atoms with Crippen LogP contribution in [0.15, 0.2) is 0 Å². The van der Waals surface area contributed by atoms with Crippen molar-refractivity contribution in [2.75, 3.05) is 26.2 Å². The van der Waals surface area contributed by atoms with Gasteiger partial charge in [0.25, 0.3) is 0 Å². The van der Waals surface area contributed by atoms with Crippen molar-refractivity contribution in [2.45, 2.75) is 37.9 Å². The lowest BCUT2D eigenvalue weighted by atomic mass is 10.0. The number of nitrogens with two attached hydrogens (primary N) is 1. The molecule has 3 atom stereocenters. The van der Waals surface area contributed by atoms with E-state index in [0.717, 1.165) is 19.3 Å². The highest BCUT2D eigenvalue weighted by molar-refractivity contribution is 5.85. The summed E-state index contributed by atoms with van der Waals surface area (Å²) in [5.74, 6) is -0.0501. The number of rotatable bonds is 4. The molecule has 0 aromatic carbocycles. The number of hydrogen-bond acceptors (Lipinski definition) is 3. The van der Waals surface area contributed by atoms with Gasteiger partial charge in [0.15, 0.2) is 0 Å². The fourth-order valence-corrected chi connectivity index (χ4v) is 3.17. The quantitative estimate of drug-likeness (QED) is 0.800. The molecule has 4 nitrogen and oxygen atoms in total. The molecule has 0 spiro atoms. The molecule has 1 saturated heterocycles. The van der Waals surface area contributed by atoms with E-state index in [1.165, 1.54) is 4.90 Å². The van der Waals surface area contributed by atoms with Gasteiger partial charge in [-0.15, -0.1) is 24.8 Å². The van der Waals surface area contributed by atoms with Crippen LogP contribution in [0.1, 0.15) is 25.7 Å². The summed E-state index contributed by atoms with van der Waals surface area (Å²) in [7, 11) is 0. The molecule has 1 aliphatic carbocycles. The minimum atomic E-state index is -4.14. The third-order valence-electron chi connectivity index (χ3n) is 4.24. The number of hydrogen-bond donors (Lipinski definition) is 2. The number of carbonyl (C=O) groups is 1. The molecule has 1 aliphatic heterocycles. The maximum atomic E-state index is 12.3. The third-order valence-corrected chi connectivity index (χ3v) is 4.24. The van der Waals surface area contributed by atoms with Gasteiger partial charge in [-0.3, -0.25) is 9.69 Å². The molecule has 2 fully saturated rings. The summed E-state index contributed by atoms with van der Waals surface area (Å²) in [5.41, 5.74) is 5.86. The number of amides is 1. The van der Waals surface area contributed by atoms with E-state index in [4.69, 9.17) is 5.73 Å². The normalized spacial score (nSPS) is 28.8. The zero-order valence-electron chi connectivity index (χ0n) is 12.3. The topological polar surface area (TPSA) is 58.4 Å². The minimum absolute atomic E-state index is 0. The molecule has 0 aromatic heterocycles. The number of likely N-dealkylation sites (tertiary alicyclic amines) is 1. The fraction of sp³-hybridized carbons (Fsp3) is 0.923. The molecular formula is C13H24Cl2F3N3O. The molecule has 3 N–H and O–H groups in total. The number of carbonyl (C=O) groups excluding carboxylic acids is 1. The van der Waals surface area contributed by atoms with Gasteiger partial charge < -0.3 is 11.1 Å². The predicted molar refractivity (Wildman–Crippen MR) is 83.4 cm³/mol. The zero-order chi connectivity index (χ0) is 14.8. The van der Waals surface area contributed by atoms with Gasteiger partial charge in [0.05, 0.1) is 12.5 Å². The predicted octanol–water partition coefficient (Wildman–Crippen LogP) is 1.96. The highest BCUT2D eigenvalue weighted by Gasteiger charge is 2.35. The van der Waals surface area contributed by atoms with E-state index in [0.29, 0.717) is 26.1 Å². The van der Waals surface area contributed by atoms with Crippen LogP contribution in [0, 0.1) is 11.8 Å². The molecule has 1 saturated carbocycles. The van der Waals surface area contributed by atoms with Crippen molar-refractivity contribution >= 4 is 30.7 Å². The zero-order valence-corrected chi connectivity index (χ0v) is 13.9. The maximum Gasteiger partial charge on any atom is 0.401 e. The summed E-state index contributed by atoms with van der Waals surface area (Å²) >= 11 is 0. The van der Waals surface area contributed by atoms with Gasteiger partial charge in [-0.25, -0.2) is 0 Å². The summed E-state index contributed by atoms with van der Waals surface area (Å²) in [6.07, 6.45) is -0.775. The van der Waals surface area contributed by atoms with Crippen molar-refractivity contribution in [1.82, 2.24) is 10.2 Å². The fourth-order valence-electron chi connectivity index (χ4n) is 3.17. The average Bonchev–Trinajstić information content (AvgIpc) is 2.93. The molecule has 132 valence electrons. The number of alkyl halides is 3. The largest absolute Gasteiger partial charge is 0.401 e. The highest BCUT2D eigenvalue weighted by Crippen LogP contribution is 2.25. The molecule has 9 heteroatoms. The van der Waals surface area contributed by atoms with Gasteiger partial charge in [0.1, 0.15) is 0 Å². The second kappa shape index (κ2) is 9.15. The Hall–Kier alpha value is -0.240. The second-order valence-corrected chi connectivity index (χ2v) is 5.95. The van der Waals surface area contributed by atoms with Gasteiger partial charge in [-0.1, -0.05) is 6.42 Å². The van der Waals surface area contributed by atoms with Crippen molar-refractivity contribution in [3.8, 4) is 0 Å². The molecule has 0 radical (unpaired) electrons. The first-order chi connectivity index (χ1) is 9.35. The van der Waals surface area contributed by atoms with Crippen LogP contribution in [-0.4, -0.2) is 49.2 Å². The van der Waals surface area contributed by atoms with Crippen LogP contribution in [0.4, 0.5) is 13.2 Å². The summed E-state index contributed by atoms with van der Waals surface area (Å²) < 4.78 is 36.8. The molecule has 1 heterocycles. The van der Waals surface area contributed by atoms with Gasteiger partial charge in [0, 0.05) is 19.1 Å². The Bertz CT molecular complexity index is 358. The number of halogens is 5. The molecule has 0 bridgehead atoms. The van der Waals surface area contributed by atoms with E-state index in [9.17, 15) is 18.0 Å². The Morgan fingerprint density at radius 3 is 2.45 bits per heavy atom. The van der Waals surface area contributed by atoms with E-state index in [2.05, 4.69) is 5.32 Å². The van der Waals surface area contributed by atoms with E-state index >= 15 is 0 Å². The van der Waals surface area contributed by atoms with Crippen LogP contribution in [0.2, 0.25) is 0 Å². The smallest absolute Gasteiger partial charge is 0.355 e. The number of nitrogens with one attached hydrogen (secondary N) is 1. The number of nitrogens with zero attached hydrogens (tertiary/aromatic N) is 1. The third kappa shape index (κ3) is 6.48. The lowest BCUT2D eigenvalue weighted by molar-refractivity contribution is -0.143. The first-order valence-corrected chi connectivity index (χ1v) is 7.17. The van der Waals surface area contributed by atoms with Crippen molar-refractivity contribution < 1.29 is 18.0 Å². The molecule has 1 amide bonds. The van der Waals surface area contributed by atoms with E-state index in [1.54, 1.807) is 0 Å². The van der Waals surface area contributed by atoms with Crippen molar-refractivity contribution in [1.29, 1.82) is 0 Å². The Morgan fingerprint density at radius 1 is 1.23 bits per heavy atom. The van der Waals surface area contributed by atoms with Crippen LogP contribution in [0.5, 0.6) is 0 Å². The van der Waals surface area contributed by atoms with Crippen molar-refractivity contribution in [3.05, 3.63) is 0 Å². The Labute approximate surface area is 141 Å². The summed E-state index contributed by atoms with van der Waals surface area (Å²) in [4.78, 5) is 13.3.